The van der Waals surface area contributed by atoms with Crippen molar-refractivity contribution in [2.24, 2.45) is 0 Å². The van der Waals surface area contributed by atoms with Crippen LogP contribution in [0, 0.1) is 6.92 Å². The highest BCUT2D eigenvalue weighted by Crippen LogP contribution is 2.30. The Balaban J connectivity index is 1.46. The molecular weight excluding hydrogens is 268 g/mol. The monoisotopic (exact) mass is 288 g/mol. The molecule has 1 saturated heterocycles. The number of hydrogen-bond donors (Lipinski definition) is 1. The number of aryl methyl sites for hydroxylation is 1. The zero-order chi connectivity index (χ0) is 14.8. The highest BCUT2D eigenvalue weighted by molar-refractivity contribution is 5.83. The van der Waals surface area contributed by atoms with Gasteiger partial charge in [0, 0.05) is 19.0 Å². The summed E-state index contributed by atoms with van der Waals surface area (Å²) in [7, 11) is 0. The molecule has 3 rings (SSSR count). The third-order valence-corrected chi connectivity index (χ3v) is 3.96. The van der Waals surface area contributed by atoms with Crippen molar-refractivity contribution in [3.63, 3.8) is 0 Å². The van der Waals surface area contributed by atoms with Crippen molar-refractivity contribution >= 4 is 11.8 Å². The first-order chi connectivity index (χ1) is 10.1. The average Bonchev–Trinajstić information content (AvgIpc) is 3.23. The van der Waals surface area contributed by atoms with Gasteiger partial charge in [-0.25, -0.2) is 0 Å². The maximum Gasteiger partial charge on any atom is 0.258 e. The predicted molar refractivity (Wildman–Crippen MR) is 78.0 cm³/mol. The van der Waals surface area contributed by atoms with Gasteiger partial charge in [0.15, 0.2) is 6.61 Å². The summed E-state index contributed by atoms with van der Waals surface area (Å²) in [5.74, 6) is 0.700. The summed E-state index contributed by atoms with van der Waals surface area (Å²) in [6, 6.07) is 7.93. The van der Waals surface area contributed by atoms with Crippen molar-refractivity contribution in [1.82, 2.24) is 10.2 Å². The molecule has 1 heterocycles. The van der Waals surface area contributed by atoms with E-state index >= 15 is 0 Å². The first-order valence-electron chi connectivity index (χ1n) is 7.41. The topological polar surface area (TPSA) is 58.6 Å². The first kappa shape index (κ1) is 13.9. The number of carbonyl (C=O) groups excluding carboxylic acids is 2. The fourth-order valence-electron chi connectivity index (χ4n) is 2.70. The summed E-state index contributed by atoms with van der Waals surface area (Å²) >= 11 is 0. The van der Waals surface area contributed by atoms with E-state index in [9.17, 15) is 9.59 Å². The summed E-state index contributed by atoms with van der Waals surface area (Å²) in [4.78, 5) is 25.6. The van der Waals surface area contributed by atoms with Crippen LogP contribution >= 0.6 is 0 Å². The van der Waals surface area contributed by atoms with Crippen LogP contribution in [0.15, 0.2) is 24.3 Å². The minimum absolute atomic E-state index is 0.0149. The SMILES string of the molecule is Cc1ccccc1OCC(=O)N[C@H]1CC(=O)N(C2CC2)C1. The molecule has 1 aromatic carbocycles. The molecule has 2 aliphatic rings. The van der Waals surface area contributed by atoms with Gasteiger partial charge in [0.1, 0.15) is 5.75 Å². The van der Waals surface area contributed by atoms with E-state index in [2.05, 4.69) is 5.32 Å². The minimum atomic E-state index is -0.172. The zero-order valence-electron chi connectivity index (χ0n) is 12.2. The predicted octanol–water partition coefficient (Wildman–Crippen LogP) is 1.25. The molecule has 21 heavy (non-hydrogen) atoms. The lowest BCUT2D eigenvalue weighted by molar-refractivity contribution is -0.128. The number of carbonyl (C=O) groups is 2. The van der Waals surface area contributed by atoms with Gasteiger partial charge >= 0.3 is 0 Å². The smallest absolute Gasteiger partial charge is 0.258 e. The zero-order valence-corrected chi connectivity index (χ0v) is 12.2. The van der Waals surface area contributed by atoms with Crippen molar-refractivity contribution in [1.29, 1.82) is 0 Å². The fraction of sp³-hybridized carbons (Fsp3) is 0.500. The lowest BCUT2D eigenvalue weighted by Gasteiger charge is -2.16. The molecule has 1 aliphatic carbocycles. The third kappa shape index (κ3) is 3.35. The molecule has 5 nitrogen and oxygen atoms in total. The Hall–Kier alpha value is -2.04. The Morgan fingerprint density at radius 3 is 2.86 bits per heavy atom. The molecule has 5 heteroatoms. The van der Waals surface area contributed by atoms with Crippen LogP contribution in [0.4, 0.5) is 0 Å². The molecule has 1 N–H and O–H groups in total. The van der Waals surface area contributed by atoms with Gasteiger partial charge in [-0.2, -0.15) is 0 Å². The molecular formula is C16H20N2O3. The molecule has 2 amide bonds. The molecule has 0 spiro atoms. The van der Waals surface area contributed by atoms with E-state index < -0.39 is 0 Å². The average molecular weight is 288 g/mol. The number of likely N-dealkylation sites (tertiary alicyclic amines) is 1. The summed E-state index contributed by atoms with van der Waals surface area (Å²) < 4.78 is 5.51. The summed E-state index contributed by atoms with van der Waals surface area (Å²) in [6.45, 7) is 2.56. The van der Waals surface area contributed by atoms with Crippen molar-refractivity contribution in [2.45, 2.75) is 38.3 Å². The van der Waals surface area contributed by atoms with Crippen LogP contribution in [0.5, 0.6) is 5.75 Å². The Morgan fingerprint density at radius 1 is 1.38 bits per heavy atom. The number of rotatable bonds is 5. The highest BCUT2D eigenvalue weighted by atomic mass is 16.5. The van der Waals surface area contributed by atoms with Crippen LogP contribution in [0.1, 0.15) is 24.8 Å². The second-order valence-electron chi connectivity index (χ2n) is 5.80. The quantitative estimate of drug-likeness (QED) is 0.887. The molecule has 0 radical (unpaired) electrons. The van der Waals surface area contributed by atoms with Crippen LogP contribution in [0.25, 0.3) is 0 Å². The summed E-state index contributed by atoms with van der Waals surface area (Å²) in [6.07, 6.45) is 2.61. The molecule has 0 unspecified atom stereocenters. The van der Waals surface area contributed by atoms with Gasteiger partial charge in [-0.15, -0.1) is 0 Å². The largest absolute Gasteiger partial charge is 0.484 e. The van der Waals surface area contributed by atoms with Crippen LogP contribution in [-0.2, 0) is 9.59 Å². The van der Waals surface area contributed by atoms with Crippen molar-refractivity contribution in [3.8, 4) is 5.75 Å². The summed E-state index contributed by atoms with van der Waals surface area (Å²) in [5.41, 5.74) is 1.00. The van der Waals surface area contributed by atoms with Crippen molar-refractivity contribution < 1.29 is 14.3 Å². The van der Waals surface area contributed by atoms with E-state index in [1.807, 2.05) is 36.1 Å². The molecule has 1 aromatic rings. The van der Waals surface area contributed by atoms with Gasteiger partial charge < -0.3 is 15.0 Å². The molecule has 1 aliphatic heterocycles. The van der Waals surface area contributed by atoms with Gasteiger partial charge in [-0.3, -0.25) is 9.59 Å². The molecule has 0 aromatic heterocycles. The van der Waals surface area contributed by atoms with Crippen LogP contribution in [0.2, 0.25) is 0 Å². The number of para-hydroxylation sites is 1. The van der Waals surface area contributed by atoms with E-state index in [0.717, 1.165) is 24.2 Å². The molecule has 1 saturated carbocycles. The Labute approximate surface area is 124 Å². The van der Waals surface area contributed by atoms with Crippen LogP contribution < -0.4 is 10.1 Å². The number of amides is 2. The van der Waals surface area contributed by atoms with E-state index in [1.165, 1.54) is 0 Å². The Kier molecular flexibility index (Phi) is 3.82. The highest BCUT2D eigenvalue weighted by Gasteiger charge is 2.39. The van der Waals surface area contributed by atoms with Gasteiger partial charge in [0.2, 0.25) is 5.91 Å². The van der Waals surface area contributed by atoms with Crippen LogP contribution in [-0.4, -0.2) is 41.9 Å². The van der Waals surface area contributed by atoms with E-state index in [1.54, 1.807) is 0 Å². The molecule has 0 bridgehead atoms. The summed E-state index contributed by atoms with van der Waals surface area (Å²) in [5, 5.41) is 2.89. The van der Waals surface area contributed by atoms with Crippen molar-refractivity contribution in [3.05, 3.63) is 29.8 Å². The van der Waals surface area contributed by atoms with Gasteiger partial charge in [0.05, 0.1) is 6.04 Å². The molecule has 112 valence electrons. The number of nitrogens with one attached hydrogen (secondary N) is 1. The van der Waals surface area contributed by atoms with Gasteiger partial charge in [0.25, 0.3) is 5.91 Å². The lowest BCUT2D eigenvalue weighted by atomic mass is 10.2. The second-order valence-corrected chi connectivity index (χ2v) is 5.80. The van der Waals surface area contributed by atoms with E-state index in [-0.39, 0.29) is 24.5 Å². The first-order valence-corrected chi connectivity index (χ1v) is 7.41. The maximum atomic E-state index is 11.9. The third-order valence-electron chi connectivity index (χ3n) is 3.96. The standard InChI is InChI=1S/C16H20N2O3/c1-11-4-2-3-5-14(11)21-10-15(19)17-12-8-16(20)18(9-12)13-6-7-13/h2-5,12-13H,6-10H2,1H3,(H,17,19)/t12-/m0/s1. The number of nitrogens with zero attached hydrogens (tertiary/aromatic N) is 1. The normalized spacial score (nSPS) is 21.5. The second kappa shape index (κ2) is 5.76. The van der Waals surface area contributed by atoms with Gasteiger partial charge in [-0.1, -0.05) is 18.2 Å². The number of ether oxygens (including phenoxy) is 1. The fourth-order valence-corrected chi connectivity index (χ4v) is 2.70. The van der Waals surface area contributed by atoms with Crippen LogP contribution in [0.3, 0.4) is 0 Å². The maximum absolute atomic E-state index is 11.9. The Morgan fingerprint density at radius 2 is 2.14 bits per heavy atom. The molecule has 1 atom stereocenters. The van der Waals surface area contributed by atoms with E-state index in [0.29, 0.717) is 19.0 Å². The van der Waals surface area contributed by atoms with Gasteiger partial charge in [-0.05, 0) is 31.4 Å². The molecule has 2 fully saturated rings. The number of hydrogen-bond acceptors (Lipinski definition) is 3. The lowest BCUT2D eigenvalue weighted by Crippen LogP contribution is -2.40. The van der Waals surface area contributed by atoms with E-state index in [4.69, 9.17) is 4.74 Å². The Bertz CT molecular complexity index is 554. The van der Waals surface area contributed by atoms with Crippen molar-refractivity contribution in [2.75, 3.05) is 13.2 Å². The minimum Gasteiger partial charge on any atom is -0.484 e. The number of benzene rings is 1.